The molecule has 1 N–H and O–H groups in total. The second-order valence-electron chi connectivity index (χ2n) is 6.80. The summed E-state index contributed by atoms with van der Waals surface area (Å²) in [5.74, 6) is 1.16. The van der Waals surface area contributed by atoms with E-state index in [9.17, 15) is 0 Å². The number of fused-ring (bicyclic) bond motifs is 3. The van der Waals surface area contributed by atoms with Crippen molar-refractivity contribution in [3.05, 3.63) is 89.0 Å². The summed E-state index contributed by atoms with van der Waals surface area (Å²) in [7, 11) is 0. The van der Waals surface area contributed by atoms with E-state index >= 15 is 0 Å². The van der Waals surface area contributed by atoms with Crippen LogP contribution in [0.5, 0.6) is 5.75 Å². The molecule has 0 spiro atoms. The predicted octanol–water partition coefficient (Wildman–Crippen LogP) is 5.17. The van der Waals surface area contributed by atoms with Crippen LogP contribution in [-0.2, 0) is 6.42 Å². The van der Waals surface area contributed by atoms with Gasteiger partial charge < -0.3 is 9.84 Å². The summed E-state index contributed by atoms with van der Waals surface area (Å²) >= 11 is 0. The van der Waals surface area contributed by atoms with Gasteiger partial charge in [-0.25, -0.2) is 0 Å². The van der Waals surface area contributed by atoms with Gasteiger partial charge in [-0.3, -0.25) is 0 Å². The summed E-state index contributed by atoms with van der Waals surface area (Å²) in [6.45, 7) is 2.56. The van der Waals surface area contributed by atoms with Crippen molar-refractivity contribution in [2.75, 3.05) is 13.2 Å². The Kier molecular flexibility index (Phi) is 4.77. The summed E-state index contributed by atoms with van der Waals surface area (Å²) in [4.78, 5) is 0. The minimum atomic E-state index is 0.0384. The molecule has 2 heteroatoms. The van der Waals surface area contributed by atoms with E-state index in [1.165, 1.54) is 33.4 Å². The molecule has 0 aliphatic heterocycles. The van der Waals surface area contributed by atoms with Gasteiger partial charge in [0.15, 0.2) is 0 Å². The van der Waals surface area contributed by atoms with Gasteiger partial charge in [0.2, 0.25) is 0 Å². The lowest BCUT2D eigenvalue weighted by Crippen LogP contribution is -2.06. The number of aliphatic hydroxyl groups excluding tert-OH is 1. The molecule has 3 aromatic carbocycles. The van der Waals surface area contributed by atoms with Gasteiger partial charge in [-0.2, -0.15) is 0 Å². The van der Waals surface area contributed by atoms with Gasteiger partial charge in [-0.05, 0) is 45.9 Å². The second-order valence-corrected chi connectivity index (χ2v) is 6.80. The number of ether oxygens (including phenoxy) is 1. The van der Waals surface area contributed by atoms with Gasteiger partial charge in [0, 0.05) is 5.92 Å². The zero-order valence-corrected chi connectivity index (χ0v) is 15.1. The van der Waals surface area contributed by atoms with Crippen LogP contribution in [0.25, 0.3) is 11.1 Å². The maximum absolute atomic E-state index is 9.07. The Morgan fingerprint density at radius 3 is 2.15 bits per heavy atom. The van der Waals surface area contributed by atoms with Crippen molar-refractivity contribution < 1.29 is 9.84 Å². The first kappa shape index (κ1) is 16.9. The SMILES string of the molecule is CCCc1cc(C2c3ccccc3-c3ccccc32)ccc1OCCO. The molecular weight excluding hydrogens is 320 g/mol. The average molecular weight is 344 g/mol. The summed E-state index contributed by atoms with van der Waals surface area (Å²) < 4.78 is 5.75. The molecule has 0 radical (unpaired) electrons. The number of benzene rings is 3. The molecule has 0 atom stereocenters. The monoisotopic (exact) mass is 344 g/mol. The summed E-state index contributed by atoms with van der Waals surface area (Å²) in [5.41, 5.74) is 7.96. The molecule has 0 heterocycles. The average Bonchev–Trinajstić information content (AvgIpc) is 3.02. The van der Waals surface area contributed by atoms with E-state index in [1.54, 1.807) is 0 Å². The lowest BCUT2D eigenvalue weighted by molar-refractivity contribution is 0.200. The van der Waals surface area contributed by atoms with E-state index in [4.69, 9.17) is 9.84 Å². The minimum Gasteiger partial charge on any atom is -0.491 e. The molecule has 3 aromatic rings. The molecule has 1 aliphatic rings. The second kappa shape index (κ2) is 7.35. The zero-order chi connectivity index (χ0) is 17.9. The molecule has 1 aliphatic carbocycles. The lowest BCUT2D eigenvalue weighted by Gasteiger charge is -2.18. The van der Waals surface area contributed by atoms with Gasteiger partial charge in [-0.1, -0.05) is 74.0 Å². The molecule has 26 heavy (non-hydrogen) atoms. The van der Waals surface area contributed by atoms with E-state index < -0.39 is 0 Å². The number of hydrogen-bond acceptors (Lipinski definition) is 2. The topological polar surface area (TPSA) is 29.5 Å². The first-order valence-corrected chi connectivity index (χ1v) is 9.38. The molecule has 0 saturated heterocycles. The highest BCUT2D eigenvalue weighted by Crippen LogP contribution is 2.48. The lowest BCUT2D eigenvalue weighted by atomic mass is 9.88. The number of aliphatic hydroxyl groups is 1. The van der Waals surface area contributed by atoms with Gasteiger partial charge in [0.1, 0.15) is 12.4 Å². The van der Waals surface area contributed by atoms with Gasteiger partial charge in [-0.15, -0.1) is 0 Å². The van der Waals surface area contributed by atoms with E-state index in [0.29, 0.717) is 6.61 Å². The molecule has 0 amide bonds. The van der Waals surface area contributed by atoms with Crippen molar-refractivity contribution in [2.45, 2.75) is 25.7 Å². The molecule has 0 bridgehead atoms. The van der Waals surface area contributed by atoms with Crippen molar-refractivity contribution in [3.8, 4) is 16.9 Å². The smallest absolute Gasteiger partial charge is 0.122 e. The quantitative estimate of drug-likeness (QED) is 0.523. The molecule has 0 saturated carbocycles. The Balaban J connectivity index is 1.81. The molecule has 0 aromatic heterocycles. The maximum atomic E-state index is 9.07. The fourth-order valence-corrected chi connectivity index (χ4v) is 4.05. The van der Waals surface area contributed by atoms with E-state index in [-0.39, 0.29) is 12.5 Å². The maximum Gasteiger partial charge on any atom is 0.122 e. The summed E-state index contributed by atoms with van der Waals surface area (Å²) in [6.07, 6.45) is 2.04. The van der Waals surface area contributed by atoms with Crippen LogP contribution in [-0.4, -0.2) is 18.3 Å². The van der Waals surface area contributed by atoms with Crippen LogP contribution in [0.1, 0.15) is 41.5 Å². The Morgan fingerprint density at radius 2 is 1.54 bits per heavy atom. The first-order valence-electron chi connectivity index (χ1n) is 9.38. The minimum absolute atomic E-state index is 0.0384. The highest BCUT2D eigenvalue weighted by Gasteiger charge is 2.29. The molecule has 0 unspecified atom stereocenters. The highest BCUT2D eigenvalue weighted by molar-refractivity contribution is 5.80. The van der Waals surface area contributed by atoms with Crippen LogP contribution in [0.2, 0.25) is 0 Å². The third kappa shape index (κ3) is 2.91. The highest BCUT2D eigenvalue weighted by atomic mass is 16.5. The number of rotatable bonds is 6. The normalized spacial score (nSPS) is 12.7. The van der Waals surface area contributed by atoms with Crippen molar-refractivity contribution in [2.24, 2.45) is 0 Å². The van der Waals surface area contributed by atoms with E-state index in [0.717, 1.165) is 18.6 Å². The summed E-state index contributed by atoms with van der Waals surface area (Å²) in [5, 5.41) is 9.07. The van der Waals surface area contributed by atoms with Crippen LogP contribution >= 0.6 is 0 Å². The van der Waals surface area contributed by atoms with Crippen molar-refractivity contribution in [1.82, 2.24) is 0 Å². The van der Waals surface area contributed by atoms with Crippen molar-refractivity contribution in [3.63, 3.8) is 0 Å². The van der Waals surface area contributed by atoms with Crippen molar-refractivity contribution in [1.29, 1.82) is 0 Å². The van der Waals surface area contributed by atoms with Gasteiger partial charge >= 0.3 is 0 Å². The first-order chi connectivity index (χ1) is 12.8. The molecular formula is C24H24O2. The molecule has 4 rings (SSSR count). The van der Waals surface area contributed by atoms with E-state index in [1.807, 2.05) is 0 Å². The van der Waals surface area contributed by atoms with Gasteiger partial charge in [0.05, 0.1) is 6.61 Å². The molecule has 132 valence electrons. The number of aryl methyl sites for hydroxylation is 1. The largest absolute Gasteiger partial charge is 0.491 e. The van der Waals surface area contributed by atoms with E-state index in [2.05, 4.69) is 73.7 Å². The van der Waals surface area contributed by atoms with Crippen LogP contribution in [0.4, 0.5) is 0 Å². The van der Waals surface area contributed by atoms with Crippen LogP contribution in [0.3, 0.4) is 0 Å². The van der Waals surface area contributed by atoms with Crippen LogP contribution in [0.15, 0.2) is 66.7 Å². The zero-order valence-electron chi connectivity index (χ0n) is 15.1. The summed E-state index contributed by atoms with van der Waals surface area (Å²) in [6, 6.07) is 24.0. The Hall–Kier alpha value is -2.58. The molecule has 2 nitrogen and oxygen atoms in total. The van der Waals surface area contributed by atoms with Crippen LogP contribution in [0, 0.1) is 0 Å². The Bertz CT molecular complexity index is 868. The fraction of sp³-hybridized carbons (Fsp3) is 0.250. The number of hydrogen-bond donors (Lipinski definition) is 1. The van der Waals surface area contributed by atoms with Crippen molar-refractivity contribution >= 4 is 0 Å². The van der Waals surface area contributed by atoms with Gasteiger partial charge in [0.25, 0.3) is 0 Å². The Labute approximate surface area is 155 Å². The van der Waals surface area contributed by atoms with Crippen LogP contribution < -0.4 is 4.74 Å². The third-order valence-corrected chi connectivity index (χ3v) is 5.12. The molecule has 0 fully saturated rings. The third-order valence-electron chi connectivity index (χ3n) is 5.12. The Morgan fingerprint density at radius 1 is 0.885 bits per heavy atom. The standard InChI is InChI=1S/C24H24O2/c1-2-7-17-16-18(12-13-23(17)26-15-14-25)24-21-10-5-3-8-19(21)20-9-4-6-11-22(20)24/h3-6,8-13,16,24-25H,2,7,14-15H2,1H3. The predicted molar refractivity (Wildman–Crippen MR) is 106 cm³/mol. The fourth-order valence-electron chi connectivity index (χ4n) is 4.05.